The summed E-state index contributed by atoms with van der Waals surface area (Å²) in [5.41, 5.74) is 1.67. The standard InChI is InChI=1S/C13H20N2O3S/c1-10-8-15(9-11(2)18-10)13-6-4-12(5-7-13)14-19(3,16)17/h4-7,10-11,14H,8-9H2,1-3H3/t10-,11-/m0/s1. The van der Waals surface area contributed by atoms with Gasteiger partial charge in [-0.05, 0) is 38.1 Å². The minimum Gasteiger partial charge on any atom is -0.372 e. The lowest BCUT2D eigenvalue weighted by Crippen LogP contribution is -2.45. The van der Waals surface area contributed by atoms with E-state index >= 15 is 0 Å². The molecule has 1 saturated heterocycles. The van der Waals surface area contributed by atoms with E-state index in [0.29, 0.717) is 5.69 Å². The third-order valence-corrected chi connectivity index (χ3v) is 3.56. The van der Waals surface area contributed by atoms with Gasteiger partial charge in [0.15, 0.2) is 0 Å². The molecule has 1 heterocycles. The fourth-order valence-electron chi connectivity index (χ4n) is 2.34. The minimum absolute atomic E-state index is 0.206. The summed E-state index contributed by atoms with van der Waals surface area (Å²) < 4.78 is 30.4. The molecule has 0 unspecified atom stereocenters. The fraction of sp³-hybridized carbons (Fsp3) is 0.538. The summed E-state index contributed by atoms with van der Waals surface area (Å²) in [7, 11) is -3.22. The molecule has 106 valence electrons. The molecule has 19 heavy (non-hydrogen) atoms. The van der Waals surface area contributed by atoms with E-state index in [2.05, 4.69) is 23.5 Å². The van der Waals surface area contributed by atoms with Crippen molar-refractivity contribution in [3.8, 4) is 0 Å². The number of hydrogen-bond donors (Lipinski definition) is 1. The summed E-state index contributed by atoms with van der Waals surface area (Å²) in [6, 6.07) is 7.42. The van der Waals surface area contributed by atoms with Crippen molar-refractivity contribution in [2.45, 2.75) is 26.1 Å². The maximum Gasteiger partial charge on any atom is 0.229 e. The van der Waals surface area contributed by atoms with Gasteiger partial charge in [-0.25, -0.2) is 8.42 Å². The number of anilines is 2. The zero-order valence-electron chi connectivity index (χ0n) is 11.5. The fourth-order valence-corrected chi connectivity index (χ4v) is 2.91. The minimum atomic E-state index is -3.22. The zero-order chi connectivity index (χ0) is 14.0. The van der Waals surface area contributed by atoms with Gasteiger partial charge in [0.1, 0.15) is 0 Å². The van der Waals surface area contributed by atoms with Crippen LogP contribution >= 0.6 is 0 Å². The number of rotatable bonds is 3. The topological polar surface area (TPSA) is 58.6 Å². The first-order valence-electron chi connectivity index (χ1n) is 6.32. The Morgan fingerprint density at radius 2 is 1.68 bits per heavy atom. The molecule has 1 aromatic rings. The smallest absolute Gasteiger partial charge is 0.229 e. The van der Waals surface area contributed by atoms with Crippen molar-refractivity contribution >= 4 is 21.4 Å². The van der Waals surface area contributed by atoms with Crippen molar-refractivity contribution in [2.24, 2.45) is 0 Å². The van der Waals surface area contributed by atoms with Crippen LogP contribution in [0.5, 0.6) is 0 Å². The first-order valence-corrected chi connectivity index (χ1v) is 8.21. The highest BCUT2D eigenvalue weighted by Gasteiger charge is 2.22. The average Bonchev–Trinajstić information content (AvgIpc) is 2.26. The summed E-state index contributed by atoms with van der Waals surface area (Å²) in [5, 5.41) is 0. The van der Waals surface area contributed by atoms with E-state index in [1.807, 2.05) is 12.1 Å². The van der Waals surface area contributed by atoms with Crippen molar-refractivity contribution in [3.05, 3.63) is 24.3 Å². The van der Waals surface area contributed by atoms with Crippen LogP contribution in [0.4, 0.5) is 11.4 Å². The quantitative estimate of drug-likeness (QED) is 0.917. The lowest BCUT2D eigenvalue weighted by atomic mass is 10.2. The molecule has 1 N–H and O–H groups in total. The highest BCUT2D eigenvalue weighted by molar-refractivity contribution is 7.92. The molecule has 0 aromatic heterocycles. The van der Waals surface area contributed by atoms with Gasteiger partial charge < -0.3 is 9.64 Å². The average molecular weight is 284 g/mol. The van der Waals surface area contributed by atoms with Gasteiger partial charge in [0.05, 0.1) is 18.5 Å². The molecule has 2 rings (SSSR count). The number of nitrogens with one attached hydrogen (secondary N) is 1. The molecule has 0 spiro atoms. The van der Waals surface area contributed by atoms with Gasteiger partial charge in [-0.3, -0.25) is 4.72 Å². The summed E-state index contributed by atoms with van der Waals surface area (Å²) >= 11 is 0. The van der Waals surface area contributed by atoms with Crippen molar-refractivity contribution < 1.29 is 13.2 Å². The lowest BCUT2D eigenvalue weighted by molar-refractivity contribution is -0.00521. The predicted octanol–water partition coefficient (Wildman–Crippen LogP) is 1.67. The van der Waals surface area contributed by atoms with Gasteiger partial charge in [0.25, 0.3) is 0 Å². The third-order valence-electron chi connectivity index (χ3n) is 2.96. The summed E-state index contributed by atoms with van der Waals surface area (Å²) in [6.45, 7) is 5.82. The van der Waals surface area contributed by atoms with Crippen LogP contribution in [0.15, 0.2) is 24.3 Å². The van der Waals surface area contributed by atoms with Gasteiger partial charge in [0.2, 0.25) is 10.0 Å². The largest absolute Gasteiger partial charge is 0.372 e. The SMILES string of the molecule is C[C@H]1CN(c2ccc(NS(C)(=O)=O)cc2)C[C@H](C)O1. The lowest BCUT2D eigenvalue weighted by Gasteiger charge is -2.36. The molecular weight excluding hydrogens is 264 g/mol. The van der Waals surface area contributed by atoms with Gasteiger partial charge in [-0.2, -0.15) is 0 Å². The van der Waals surface area contributed by atoms with E-state index in [-0.39, 0.29) is 12.2 Å². The second kappa shape index (κ2) is 5.38. The van der Waals surface area contributed by atoms with Crippen LogP contribution in [0.3, 0.4) is 0 Å². The summed E-state index contributed by atoms with van der Waals surface area (Å²) in [4.78, 5) is 2.25. The molecule has 2 atom stereocenters. The Hall–Kier alpha value is -1.27. The molecule has 5 nitrogen and oxygen atoms in total. The Balaban J connectivity index is 2.09. The molecule has 1 aliphatic heterocycles. The maximum absolute atomic E-state index is 11.1. The van der Waals surface area contributed by atoms with Gasteiger partial charge in [-0.15, -0.1) is 0 Å². The second-order valence-corrected chi connectivity index (χ2v) is 6.83. The molecular formula is C13H20N2O3S. The van der Waals surface area contributed by atoms with E-state index in [1.54, 1.807) is 12.1 Å². The van der Waals surface area contributed by atoms with Crippen LogP contribution in [-0.4, -0.2) is 40.0 Å². The molecule has 1 aromatic carbocycles. The van der Waals surface area contributed by atoms with Crippen LogP contribution in [0, 0.1) is 0 Å². The van der Waals surface area contributed by atoms with Crippen molar-refractivity contribution in [2.75, 3.05) is 29.0 Å². The Morgan fingerprint density at radius 1 is 1.16 bits per heavy atom. The monoisotopic (exact) mass is 284 g/mol. The second-order valence-electron chi connectivity index (χ2n) is 5.08. The number of benzene rings is 1. The number of sulfonamides is 1. The van der Waals surface area contributed by atoms with E-state index < -0.39 is 10.0 Å². The summed E-state index contributed by atoms with van der Waals surface area (Å²) in [5.74, 6) is 0. The van der Waals surface area contributed by atoms with E-state index in [9.17, 15) is 8.42 Å². The number of ether oxygens (including phenoxy) is 1. The molecule has 0 aliphatic carbocycles. The Morgan fingerprint density at radius 3 is 2.16 bits per heavy atom. The third kappa shape index (κ3) is 4.11. The molecule has 0 amide bonds. The van der Waals surface area contributed by atoms with E-state index in [4.69, 9.17) is 4.74 Å². The molecule has 0 bridgehead atoms. The number of hydrogen-bond acceptors (Lipinski definition) is 4. The van der Waals surface area contributed by atoms with Crippen molar-refractivity contribution in [1.29, 1.82) is 0 Å². The molecule has 1 fully saturated rings. The number of nitrogens with zero attached hydrogens (tertiary/aromatic N) is 1. The normalized spacial score (nSPS) is 24.3. The highest BCUT2D eigenvalue weighted by atomic mass is 32.2. The predicted molar refractivity (Wildman–Crippen MR) is 77.1 cm³/mol. The van der Waals surface area contributed by atoms with Crippen LogP contribution in [0.2, 0.25) is 0 Å². The van der Waals surface area contributed by atoms with Crippen LogP contribution in [-0.2, 0) is 14.8 Å². The van der Waals surface area contributed by atoms with Gasteiger partial charge in [-0.1, -0.05) is 0 Å². The van der Waals surface area contributed by atoms with Gasteiger partial charge in [0, 0.05) is 24.5 Å². The Bertz CT molecular complexity index is 517. The molecule has 1 aliphatic rings. The zero-order valence-corrected chi connectivity index (χ0v) is 12.3. The van der Waals surface area contributed by atoms with Crippen LogP contribution < -0.4 is 9.62 Å². The summed E-state index contributed by atoms with van der Waals surface area (Å²) in [6.07, 6.45) is 1.56. The van der Waals surface area contributed by atoms with Crippen molar-refractivity contribution in [3.63, 3.8) is 0 Å². The van der Waals surface area contributed by atoms with Crippen LogP contribution in [0.25, 0.3) is 0 Å². The van der Waals surface area contributed by atoms with E-state index in [1.165, 1.54) is 0 Å². The maximum atomic E-state index is 11.1. The van der Waals surface area contributed by atoms with Crippen molar-refractivity contribution in [1.82, 2.24) is 0 Å². The van der Waals surface area contributed by atoms with E-state index in [0.717, 1.165) is 25.0 Å². The highest BCUT2D eigenvalue weighted by Crippen LogP contribution is 2.22. The Labute approximate surface area is 114 Å². The molecule has 0 radical (unpaired) electrons. The number of morpholine rings is 1. The molecule has 6 heteroatoms. The first-order chi connectivity index (χ1) is 8.83. The van der Waals surface area contributed by atoms with Crippen LogP contribution in [0.1, 0.15) is 13.8 Å². The molecule has 0 saturated carbocycles. The first kappa shape index (κ1) is 14.1. The Kier molecular flexibility index (Phi) is 4.01. The van der Waals surface area contributed by atoms with Gasteiger partial charge >= 0.3 is 0 Å².